The topological polar surface area (TPSA) is 75.3 Å². The minimum atomic E-state index is -0.406. The van der Waals surface area contributed by atoms with E-state index in [1.807, 2.05) is 40.7 Å². The quantitative estimate of drug-likeness (QED) is 0.586. The molecule has 0 saturated heterocycles. The highest BCUT2D eigenvalue weighted by Crippen LogP contribution is 2.37. The molecule has 0 aromatic carbocycles. The van der Waals surface area contributed by atoms with Crippen LogP contribution in [0.2, 0.25) is 0 Å². The van der Waals surface area contributed by atoms with E-state index in [4.69, 9.17) is 5.73 Å². The van der Waals surface area contributed by atoms with Crippen LogP contribution in [0, 0.1) is 5.92 Å². The third-order valence-electron chi connectivity index (χ3n) is 4.01. The maximum atomic E-state index is 10.5. The average molecular weight is 387 g/mol. The van der Waals surface area contributed by atoms with Gasteiger partial charge in [0.15, 0.2) is 0 Å². The third kappa shape index (κ3) is 11.3. The molecular weight excluding hydrogens is 348 g/mol. The minimum absolute atomic E-state index is 0.103. The van der Waals surface area contributed by atoms with E-state index in [1.165, 1.54) is 12.8 Å². The predicted octanol–water partition coefficient (Wildman–Crippen LogP) is 5.63. The molecule has 4 nitrogen and oxygen atoms in total. The number of aliphatic hydroxyl groups excluding tert-OH is 1. The monoisotopic (exact) mass is 386 g/mol. The zero-order valence-electron chi connectivity index (χ0n) is 18.2. The summed E-state index contributed by atoms with van der Waals surface area (Å²) in [4.78, 5) is 10.5. The van der Waals surface area contributed by atoms with Crippen LogP contribution in [0.15, 0.2) is 71.2 Å². The van der Waals surface area contributed by atoms with E-state index in [1.54, 1.807) is 17.7 Å². The lowest BCUT2D eigenvalue weighted by Gasteiger charge is -2.08. The Morgan fingerprint density at radius 1 is 1.14 bits per heavy atom. The number of nitrogens with two attached hydrogens (primary N) is 1. The zero-order valence-corrected chi connectivity index (χ0v) is 18.2. The Hall–Kier alpha value is -2.49. The van der Waals surface area contributed by atoms with E-state index in [9.17, 15) is 9.90 Å². The van der Waals surface area contributed by atoms with E-state index >= 15 is 0 Å². The van der Waals surface area contributed by atoms with Crippen LogP contribution in [0.25, 0.3) is 0 Å². The lowest BCUT2D eigenvalue weighted by molar-refractivity contribution is -0.117. The summed E-state index contributed by atoms with van der Waals surface area (Å²) in [6.07, 6.45) is 20.8. The summed E-state index contributed by atoms with van der Waals surface area (Å²) in [6.45, 7) is 10.0. The van der Waals surface area contributed by atoms with Gasteiger partial charge in [-0.25, -0.2) is 0 Å². The van der Waals surface area contributed by atoms with Crippen LogP contribution in [0.1, 0.15) is 60.3 Å². The maximum Gasteiger partial charge on any atom is 0.236 e. The number of hydrogen-bond donors (Lipinski definition) is 3. The van der Waals surface area contributed by atoms with Gasteiger partial charge in [-0.05, 0) is 55.4 Å². The summed E-state index contributed by atoms with van der Waals surface area (Å²) >= 11 is 0. The van der Waals surface area contributed by atoms with Gasteiger partial charge in [-0.2, -0.15) is 0 Å². The molecule has 0 atom stereocenters. The van der Waals surface area contributed by atoms with Crippen LogP contribution in [0.3, 0.4) is 0 Å². The Labute approximate surface area is 171 Å². The van der Waals surface area contributed by atoms with Crippen LogP contribution < -0.4 is 11.1 Å². The van der Waals surface area contributed by atoms with E-state index in [0.717, 1.165) is 23.6 Å². The van der Waals surface area contributed by atoms with Crippen molar-refractivity contribution in [2.75, 3.05) is 6.54 Å². The highest BCUT2D eigenvalue weighted by atomic mass is 16.3. The number of hydrogen-bond acceptors (Lipinski definition) is 3. The largest absolute Gasteiger partial charge is 0.512 e. The molecule has 0 aromatic rings. The lowest BCUT2D eigenvalue weighted by Crippen LogP contribution is -2.28. The second-order valence-corrected chi connectivity index (χ2v) is 6.15. The van der Waals surface area contributed by atoms with Crippen LogP contribution in [0.4, 0.5) is 0 Å². The average Bonchev–Trinajstić information content (AvgIpc) is 3.56. The number of nitrogens with one attached hydrogen (secondary N) is 1. The molecule has 0 unspecified atom stereocenters. The molecule has 1 saturated carbocycles. The molecule has 0 radical (unpaired) electrons. The second kappa shape index (κ2) is 15.6. The molecule has 3 aliphatic carbocycles. The first-order chi connectivity index (χ1) is 13.6. The Morgan fingerprint density at radius 3 is 2.43 bits per heavy atom. The van der Waals surface area contributed by atoms with E-state index in [0.29, 0.717) is 12.2 Å². The zero-order chi connectivity index (χ0) is 21.4. The van der Waals surface area contributed by atoms with Crippen molar-refractivity contribution in [2.45, 2.75) is 60.3 Å². The highest BCUT2D eigenvalue weighted by Gasteiger charge is 2.23. The molecule has 0 bridgehead atoms. The Bertz CT molecular complexity index is 646. The number of rotatable bonds is 4. The minimum Gasteiger partial charge on any atom is -0.512 e. The molecule has 28 heavy (non-hydrogen) atoms. The Balaban J connectivity index is 0.000000456. The second-order valence-electron chi connectivity index (χ2n) is 6.15. The number of carbonyl (C=O) groups is 1. The van der Waals surface area contributed by atoms with Gasteiger partial charge in [0.1, 0.15) is 0 Å². The smallest absolute Gasteiger partial charge is 0.236 e. The van der Waals surface area contributed by atoms with Crippen molar-refractivity contribution in [2.24, 2.45) is 11.7 Å². The number of primary amides is 1. The standard InChI is InChI=1S/C10H14N2O2.C10H12.2C2H6/c1-7-2-3-8(13)4-5-9(7)12-6-10(11)14;1-2-4-6-9(5-3-1)10-7-8-10;2*1-2/h2,4-5,12-13H,3,6H2,1H3,(H2,11,14);1-3,5-6,10H,4,7-8H2;2*1-2H3. The van der Waals surface area contributed by atoms with E-state index in [2.05, 4.69) is 35.7 Å². The van der Waals surface area contributed by atoms with Gasteiger partial charge in [0.2, 0.25) is 5.91 Å². The molecule has 1 amide bonds. The van der Waals surface area contributed by atoms with Crippen molar-refractivity contribution in [1.82, 2.24) is 5.32 Å². The summed E-state index contributed by atoms with van der Waals surface area (Å²) in [6, 6.07) is 0. The predicted molar refractivity (Wildman–Crippen MR) is 121 cm³/mol. The molecule has 3 rings (SSSR count). The molecule has 4 N–H and O–H groups in total. The molecule has 156 valence electrons. The molecule has 0 aromatic heterocycles. The van der Waals surface area contributed by atoms with Crippen molar-refractivity contribution in [3.05, 3.63) is 71.2 Å². The summed E-state index contributed by atoms with van der Waals surface area (Å²) in [5.74, 6) is 0.813. The van der Waals surface area contributed by atoms with Crippen molar-refractivity contribution in [1.29, 1.82) is 0 Å². The fourth-order valence-electron chi connectivity index (χ4n) is 2.44. The summed E-state index contributed by atoms with van der Waals surface area (Å²) in [5, 5.41) is 12.1. The van der Waals surface area contributed by atoms with Crippen molar-refractivity contribution < 1.29 is 9.90 Å². The molecule has 0 heterocycles. The first-order valence-corrected chi connectivity index (χ1v) is 10.4. The number of aliphatic hydroxyl groups is 1. The normalized spacial score (nSPS) is 17.2. The van der Waals surface area contributed by atoms with E-state index < -0.39 is 5.91 Å². The maximum absolute atomic E-state index is 10.5. The summed E-state index contributed by atoms with van der Waals surface area (Å²) < 4.78 is 0. The molecule has 3 aliphatic rings. The molecule has 0 spiro atoms. The van der Waals surface area contributed by atoms with Crippen LogP contribution in [0.5, 0.6) is 0 Å². The Morgan fingerprint density at radius 2 is 1.82 bits per heavy atom. The van der Waals surface area contributed by atoms with Gasteiger partial charge in [0.05, 0.1) is 12.3 Å². The lowest BCUT2D eigenvalue weighted by atomic mass is 10.1. The van der Waals surface area contributed by atoms with Crippen LogP contribution in [-0.4, -0.2) is 17.6 Å². The van der Waals surface area contributed by atoms with Gasteiger partial charge >= 0.3 is 0 Å². The molecule has 1 fully saturated rings. The number of allylic oxidation sites excluding steroid dienone is 10. The summed E-state index contributed by atoms with van der Waals surface area (Å²) in [7, 11) is 0. The summed E-state index contributed by atoms with van der Waals surface area (Å²) in [5.41, 5.74) is 8.37. The van der Waals surface area contributed by atoms with Crippen molar-refractivity contribution in [3.63, 3.8) is 0 Å². The number of amides is 1. The fraction of sp³-hybridized carbons (Fsp3) is 0.458. The van der Waals surface area contributed by atoms with Gasteiger partial charge in [0.25, 0.3) is 0 Å². The first-order valence-electron chi connectivity index (χ1n) is 10.4. The molecule has 4 heteroatoms. The van der Waals surface area contributed by atoms with Crippen LogP contribution in [-0.2, 0) is 4.79 Å². The fourth-order valence-corrected chi connectivity index (χ4v) is 2.44. The van der Waals surface area contributed by atoms with Gasteiger partial charge in [-0.15, -0.1) is 0 Å². The SMILES string of the molecule is C1=CCC=C(C2CC2)C=C1.CC.CC.CC1=CCC(O)=CC=C1NCC(N)=O. The van der Waals surface area contributed by atoms with Gasteiger partial charge in [-0.3, -0.25) is 4.79 Å². The van der Waals surface area contributed by atoms with Gasteiger partial charge in [0, 0.05) is 12.1 Å². The van der Waals surface area contributed by atoms with Gasteiger partial charge < -0.3 is 16.2 Å². The Kier molecular flexibility index (Phi) is 14.2. The molecule has 0 aliphatic heterocycles. The molecular formula is C24H38N2O2. The van der Waals surface area contributed by atoms with E-state index in [-0.39, 0.29) is 6.54 Å². The first kappa shape index (κ1) is 25.5. The number of carbonyl (C=O) groups excluding carboxylic acids is 1. The van der Waals surface area contributed by atoms with Crippen molar-refractivity contribution in [3.8, 4) is 0 Å². The third-order valence-corrected chi connectivity index (χ3v) is 4.01. The van der Waals surface area contributed by atoms with Gasteiger partial charge in [-0.1, -0.05) is 64.2 Å². The highest BCUT2D eigenvalue weighted by molar-refractivity contribution is 5.76. The van der Waals surface area contributed by atoms with Crippen molar-refractivity contribution >= 4 is 5.91 Å². The van der Waals surface area contributed by atoms with Crippen LogP contribution >= 0.6 is 0 Å².